The van der Waals surface area contributed by atoms with Crippen molar-refractivity contribution in [2.24, 2.45) is 4.99 Å². The Morgan fingerprint density at radius 1 is 1.26 bits per heavy atom. The standard InChI is InChI=1S/C36H48ClN7O2S/c1-21-32(22(2)37)45-20-29-28-12-6-10-25(19-40-28)44(29)34(21)41-35(46-24(4)36-14-8-16-43(36)17-9-15-36)42(5)23(3)26-11-7-13-30-31(26)27(18-38)33(39)47-30/h7,11,13,23-25,28-29,40H,6,8-10,12,14-17,19-20,39H2,1-5H3/b32-22-,41-35?/t23?,24?,25?,28-,29+/m0/s1. The summed E-state index contributed by atoms with van der Waals surface area (Å²) in [5, 5.41) is 16.0. The molecule has 0 aliphatic carbocycles. The number of aliphatic imine (C=N–C) groups is 1. The Bertz CT molecular complexity index is 1660. The van der Waals surface area contributed by atoms with Gasteiger partial charge < -0.3 is 30.3 Å². The molecular weight excluding hydrogens is 630 g/mol. The van der Waals surface area contributed by atoms with Gasteiger partial charge >= 0.3 is 0 Å². The zero-order chi connectivity index (χ0) is 33.0. The lowest BCUT2D eigenvalue weighted by molar-refractivity contribution is 0.0240. The van der Waals surface area contributed by atoms with Crippen molar-refractivity contribution in [1.82, 2.24) is 20.0 Å². The molecule has 3 N–H and O–H groups in total. The van der Waals surface area contributed by atoms with Gasteiger partial charge in [0.25, 0.3) is 6.02 Å². The van der Waals surface area contributed by atoms with Crippen LogP contribution in [0.2, 0.25) is 0 Å². The van der Waals surface area contributed by atoms with E-state index in [0.717, 1.165) is 72.4 Å². The number of hydrogen-bond acceptors (Lipinski definition) is 9. The molecule has 5 fully saturated rings. The fourth-order valence-electron chi connectivity index (χ4n) is 9.08. The van der Waals surface area contributed by atoms with Crippen LogP contribution in [0.15, 0.2) is 45.4 Å². The minimum absolute atomic E-state index is 0.0164. The van der Waals surface area contributed by atoms with Gasteiger partial charge in [-0.15, -0.1) is 11.3 Å². The summed E-state index contributed by atoms with van der Waals surface area (Å²) in [5.41, 5.74) is 8.86. The van der Waals surface area contributed by atoms with Crippen molar-refractivity contribution in [3.8, 4) is 6.07 Å². The van der Waals surface area contributed by atoms with Gasteiger partial charge in [-0.1, -0.05) is 23.7 Å². The number of ether oxygens (including phenoxy) is 2. The molecule has 1 aromatic carbocycles. The van der Waals surface area contributed by atoms with Gasteiger partial charge in [0, 0.05) is 41.3 Å². The second-order valence-corrected chi connectivity index (χ2v) is 15.8. The molecule has 0 saturated carbocycles. The van der Waals surface area contributed by atoms with E-state index in [4.69, 9.17) is 31.8 Å². The van der Waals surface area contributed by atoms with E-state index in [2.05, 4.69) is 66.0 Å². The summed E-state index contributed by atoms with van der Waals surface area (Å²) in [4.78, 5) is 12.9. The number of hydrogen-bond donors (Lipinski definition) is 2. The van der Waals surface area contributed by atoms with Gasteiger partial charge in [0.15, 0.2) is 0 Å². The molecule has 0 radical (unpaired) electrons. The molecule has 5 atom stereocenters. The van der Waals surface area contributed by atoms with E-state index in [1.165, 1.54) is 30.6 Å². The number of allylic oxidation sites excluding steroid dienone is 2. The molecule has 7 heterocycles. The number of nitrogen functional groups attached to an aromatic ring is 1. The average molecular weight is 678 g/mol. The summed E-state index contributed by atoms with van der Waals surface area (Å²) >= 11 is 8.17. The number of nitrogens with one attached hydrogen (secondary N) is 1. The summed E-state index contributed by atoms with van der Waals surface area (Å²) in [7, 11) is 2.07. The molecule has 47 heavy (non-hydrogen) atoms. The fourth-order valence-corrected chi connectivity index (χ4v) is 10.2. The number of rotatable bonds is 5. The summed E-state index contributed by atoms with van der Waals surface area (Å²) in [6.45, 7) is 12.1. The number of anilines is 1. The molecule has 8 rings (SSSR count). The van der Waals surface area contributed by atoms with Crippen LogP contribution in [0.5, 0.6) is 0 Å². The monoisotopic (exact) mass is 677 g/mol. The molecule has 1 aromatic heterocycles. The molecule has 6 aliphatic rings. The molecule has 5 saturated heterocycles. The van der Waals surface area contributed by atoms with Crippen LogP contribution in [-0.2, 0) is 9.47 Å². The van der Waals surface area contributed by atoms with Crippen molar-refractivity contribution in [3.63, 3.8) is 0 Å². The lowest BCUT2D eigenvalue weighted by Crippen LogP contribution is -2.61. The van der Waals surface area contributed by atoms with Crippen LogP contribution in [0.3, 0.4) is 0 Å². The first kappa shape index (κ1) is 32.6. The first-order valence-corrected chi connectivity index (χ1v) is 18.5. The summed E-state index contributed by atoms with van der Waals surface area (Å²) in [5.74, 6) is 1.58. The highest BCUT2D eigenvalue weighted by Gasteiger charge is 2.50. The highest BCUT2D eigenvalue weighted by atomic mass is 35.5. The molecule has 0 spiro atoms. The third-order valence-electron chi connectivity index (χ3n) is 11.7. The number of nitriles is 1. The highest BCUT2D eigenvalue weighted by molar-refractivity contribution is 7.23. The molecule has 9 nitrogen and oxygen atoms in total. The summed E-state index contributed by atoms with van der Waals surface area (Å²) in [6, 6.07) is 9.73. The minimum atomic E-state index is -0.155. The van der Waals surface area contributed by atoms with Crippen molar-refractivity contribution >= 4 is 44.0 Å². The SMILES string of the molecule is CC1=C(N=C(OC(C)C23CCCN2CCC3)N(C)C(C)c2cccc3sc(N)c(C#N)c23)N2C3CCC[C@H](NC3)[C@H]2CO/C1=C(/C)Cl. The number of halogens is 1. The number of amidine groups is 1. The van der Waals surface area contributed by atoms with Gasteiger partial charge in [0.2, 0.25) is 0 Å². The van der Waals surface area contributed by atoms with Crippen LogP contribution < -0.4 is 11.1 Å². The van der Waals surface area contributed by atoms with Crippen molar-refractivity contribution in [1.29, 1.82) is 5.26 Å². The van der Waals surface area contributed by atoms with E-state index < -0.39 is 0 Å². The van der Waals surface area contributed by atoms with Gasteiger partial charge in [-0.3, -0.25) is 4.90 Å². The second kappa shape index (κ2) is 12.8. The van der Waals surface area contributed by atoms with Crippen molar-refractivity contribution < 1.29 is 9.47 Å². The molecular formula is C36H48ClN7O2S. The number of piperazine rings is 1. The van der Waals surface area contributed by atoms with Gasteiger partial charge in [-0.05, 0) is 97.4 Å². The van der Waals surface area contributed by atoms with Gasteiger partial charge in [0.1, 0.15) is 35.4 Å². The molecule has 2 aromatic rings. The van der Waals surface area contributed by atoms with Gasteiger partial charge in [0.05, 0.1) is 28.2 Å². The van der Waals surface area contributed by atoms with E-state index in [1.54, 1.807) is 0 Å². The smallest absolute Gasteiger partial charge is 0.294 e. The van der Waals surface area contributed by atoms with E-state index >= 15 is 0 Å². The summed E-state index contributed by atoms with van der Waals surface area (Å²) < 4.78 is 14.7. The maximum Gasteiger partial charge on any atom is 0.294 e. The van der Waals surface area contributed by atoms with Crippen molar-refractivity contribution in [3.05, 3.63) is 51.5 Å². The number of thiophene rings is 1. The molecule has 2 bridgehead atoms. The van der Waals surface area contributed by atoms with Crippen LogP contribution >= 0.6 is 22.9 Å². The highest BCUT2D eigenvalue weighted by Crippen LogP contribution is 2.44. The first-order chi connectivity index (χ1) is 22.6. The van der Waals surface area contributed by atoms with Crippen LogP contribution in [0.4, 0.5) is 5.00 Å². The zero-order valence-electron chi connectivity index (χ0n) is 28.3. The van der Waals surface area contributed by atoms with E-state index in [1.807, 2.05) is 13.0 Å². The minimum Gasteiger partial charge on any atom is -0.490 e. The topological polar surface area (TPSA) is 102 Å². The lowest BCUT2D eigenvalue weighted by Gasteiger charge is -2.45. The van der Waals surface area contributed by atoms with Crippen LogP contribution in [0.25, 0.3) is 10.1 Å². The maximum atomic E-state index is 10.1. The van der Waals surface area contributed by atoms with Gasteiger partial charge in [-0.2, -0.15) is 10.3 Å². The largest absolute Gasteiger partial charge is 0.490 e. The normalized spacial score (nSPS) is 28.2. The van der Waals surface area contributed by atoms with Gasteiger partial charge in [-0.25, -0.2) is 0 Å². The number of nitrogens with two attached hydrogens (primary N) is 1. The van der Waals surface area contributed by atoms with E-state index in [-0.39, 0.29) is 23.7 Å². The number of benzene rings is 1. The zero-order valence-corrected chi connectivity index (χ0v) is 29.9. The third-order valence-corrected chi connectivity index (χ3v) is 12.8. The fraction of sp³-hybridized carbons (Fsp3) is 0.611. The Morgan fingerprint density at radius 2 is 2.02 bits per heavy atom. The molecule has 0 amide bonds. The Kier molecular flexibility index (Phi) is 8.88. The van der Waals surface area contributed by atoms with Crippen LogP contribution in [-0.4, -0.2) is 83.8 Å². The predicted octanol–water partition coefficient (Wildman–Crippen LogP) is 6.66. The molecule has 11 heteroatoms. The van der Waals surface area contributed by atoms with Crippen LogP contribution in [0, 0.1) is 11.3 Å². The number of fused-ring (bicyclic) bond motifs is 5. The Morgan fingerprint density at radius 3 is 2.74 bits per heavy atom. The summed E-state index contributed by atoms with van der Waals surface area (Å²) in [6.07, 6.45) is 7.99. The maximum absolute atomic E-state index is 10.1. The predicted molar refractivity (Wildman–Crippen MR) is 190 cm³/mol. The van der Waals surface area contributed by atoms with E-state index in [9.17, 15) is 5.26 Å². The molecule has 6 aliphatic heterocycles. The number of nitrogens with zero attached hydrogens (tertiary/aromatic N) is 5. The van der Waals surface area contributed by atoms with E-state index in [0.29, 0.717) is 46.1 Å². The lowest BCUT2D eigenvalue weighted by atomic mass is 9.88. The Hall–Kier alpha value is -2.97. The first-order valence-electron chi connectivity index (χ1n) is 17.3. The van der Waals surface area contributed by atoms with Crippen LogP contribution in [0.1, 0.15) is 89.8 Å². The quantitative estimate of drug-likeness (QED) is 0.268. The molecule has 3 unspecified atom stereocenters. The van der Waals surface area contributed by atoms with Crippen molar-refractivity contribution in [2.45, 2.75) is 108 Å². The second-order valence-electron chi connectivity index (χ2n) is 14.1. The third kappa shape index (κ3) is 5.47. The Balaban J connectivity index is 1.36. The Labute approximate surface area is 288 Å². The van der Waals surface area contributed by atoms with Crippen molar-refractivity contribution in [2.75, 3.05) is 39.0 Å². The average Bonchev–Trinajstić information content (AvgIpc) is 3.61. The molecule has 252 valence electrons.